The van der Waals surface area contributed by atoms with E-state index in [1.807, 2.05) is 293 Å². The maximum atomic E-state index is 8.56. The Labute approximate surface area is 705 Å². The van der Waals surface area contributed by atoms with E-state index in [1.54, 1.807) is 27.7 Å². The summed E-state index contributed by atoms with van der Waals surface area (Å²) in [5.74, 6) is 0. The van der Waals surface area contributed by atoms with E-state index in [-0.39, 0.29) is 75.7 Å². The average molecular weight is 1880 g/mol. The summed E-state index contributed by atoms with van der Waals surface area (Å²) in [5.41, 5.74) is 9.60. The molecule has 4 N–H and O–H groups in total. The third-order valence-electron chi connectivity index (χ3n) is 16.8. The first-order valence-corrected chi connectivity index (χ1v) is 38.0. The number of rotatable bonds is 16. The van der Waals surface area contributed by atoms with Gasteiger partial charge in [0.25, 0.3) is 0 Å². The van der Waals surface area contributed by atoms with Crippen LogP contribution in [0.1, 0.15) is 87.0 Å². The molecule has 6 heterocycles. The normalized spacial score (nSPS) is 13.9. The zero-order valence-corrected chi connectivity index (χ0v) is 72.0. The number of nitrogens with zero attached hydrogens (tertiary/aromatic N) is 9. The maximum absolute atomic E-state index is 8.56. The van der Waals surface area contributed by atoms with Gasteiger partial charge in [0.15, 0.2) is 0 Å². The maximum Gasteiger partial charge on any atom is 3.00 e. The van der Waals surface area contributed by atoms with Crippen molar-refractivity contribution in [1.82, 2.24) is 29.7 Å². The molecule has 15 rings (SSSR count). The Kier molecular flexibility index (Phi) is 42.9. The van der Waals surface area contributed by atoms with Crippen LogP contribution in [-0.4, -0.2) is 107 Å². The molecule has 12 aromatic rings. The van der Waals surface area contributed by atoms with Gasteiger partial charge in [0.2, 0.25) is 0 Å². The van der Waals surface area contributed by atoms with E-state index in [0.29, 0.717) is 12.8 Å². The first-order valence-electron chi connectivity index (χ1n) is 37.7. The molecule has 13 nitrogen and oxygen atoms in total. The van der Waals surface area contributed by atoms with Gasteiger partial charge in [-0.2, -0.15) is 74.0 Å². The van der Waals surface area contributed by atoms with Gasteiger partial charge in [-0.15, -0.1) is 101 Å². The van der Waals surface area contributed by atoms with Gasteiger partial charge in [0, 0.05) is 54.7 Å². The molecule has 3 aromatic heterocycles. The van der Waals surface area contributed by atoms with Crippen molar-refractivity contribution >= 4 is 61.0 Å². The van der Waals surface area contributed by atoms with Crippen molar-refractivity contribution in [3.63, 3.8) is 0 Å². The number of hydrogen-bond donors (Lipinski definition) is 4. The van der Waals surface area contributed by atoms with E-state index in [2.05, 4.69) is 160 Å². The Morgan fingerprint density at radius 3 is 1.17 bits per heavy atom. The summed E-state index contributed by atoms with van der Waals surface area (Å²) in [6, 6.07) is 96.0. The molecule has 5 unspecified atom stereocenters. The minimum absolute atomic E-state index is 0. The Morgan fingerprint density at radius 2 is 0.814 bits per heavy atom. The van der Waals surface area contributed by atoms with Crippen LogP contribution in [0, 0.1) is 37.6 Å². The Morgan fingerprint density at radius 1 is 0.442 bits per heavy atom. The molecule has 0 fully saturated rings. The Balaban J connectivity index is 0.000000230. The quantitative estimate of drug-likeness (QED) is 0.0316. The molecule has 0 bridgehead atoms. The van der Waals surface area contributed by atoms with E-state index in [9.17, 15) is 0 Å². The number of allylic oxidation sites excluding steroid dienone is 3. The summed E-state index contributed by atoms with van der Waals surface area (Å²) in [6.07, 6.45) is 28.5. The average Bonchev–Trinajstić information content (AvgIpc) is 1.73. The molecule has 3 aliphatic heterocycles. The van der Waals surface area contributed by atoms with Crippen LogP contribution in [0.3, 0.4) is 0 Å². The molecule has 0 spiro atoms. The van der Waals surface area contributed by atoms with E-state index < -0.39 is 0 Å². The molecular formula is C97H108ClIr2N9O4. The number of hydrogen-bond acceptors (Lipinski definition) is 13. The van der Waals surface area contributed by atoms with E-state index in [0.717, 1.165) is 52.4 Å². The van der Waals surface area contributed by atoms with Crippen LogP contribution in [0.4, 0.5) is 17.1 Å². The minimum atomic E-state index is -0.375. The second-order valence-corrected chi connectivity index (χ2v) is 28.1. The van der Waals surface area contributed by atoms with E-state index in [1.165, 1.54) is 56.4 Å². The Bertz CT molecular complexity index is 4320. The van der Waals surface area contributed by atoms with Crippen LogP contribution >= 0.6 is 11.6 Å². The molecule has 0 amide bonds. The van der Waals surface area contributed by atoms with Gasteiger partial charge in [-0.05, 0) is 181 Å². The van der Waals surface area contributed by atoms with Crippen molar-refractivity contribution in [2.45, 2.75) is 122 Å². The first-order chi connectivity index (χ1) is 53.7. The predicted molar refractivity (Wildman–Crippen MR) is 466 cm³/mol. The molecule has 0 aliphatic carbocycles. The zero-order valence-electron chi connectivity index (χ0n) is 66.4. The van der Waals surface area contributed by atoms with Crippen molar-refractivity contribution in [2.24, 2.45) is 0 Å². The zero-order chi connectivity index (χ0) is 79.6. The molecule has 113 heavy (non-hydrogen) atoms. The third-order valence-corrected chi connectivity index (χ3v) is 17.0. The number of pyridine rings is 3. The van der Waals surface area contributed by atoms with Crippen LogP contribution in [0.2, 0.25) is 0 Å². The van der Waals surface area contributed by atoms with Crippen LogP contribution in [-0.2, 0) is 40.2 Å². The topological polar surface area (TPSA) is 139 Å². The number of unbranched alkanes of at least 4 members (excludes halogenated alkanes) is 2. The molecule has 590 valence electrons. The number of anilines is 3. The summed E-state index contributed by atoms with van der Waals surface area (Å²) in [5, 5.41) is 41.5. The number of halogens is 1. The van der Waals surface area contributed by atoms with Gasteiger partial charge in [0.05, 0.1) is 35.0 Å². The van der Waals surface area contributed by atoms with Crippen LogP contribution < -0.4 is 14.7 Å². The minimum Gasteiger partial charge on any atom is -0.510 e. The number of aliphatic hydroxyl groups excluding tert-OH is 4. The van der Waals surface area contributed by atoms with Gasteiger partial charge < -0.3 is 59.8 Å². The van der Waals surface area contributed by atoms with Gasteiger partial charge in [-0.3, -0.25) is 4.98 Å². The second-order valence-electron chi connectivity index (χ2n) is 27.2. The third kappa shape index (κ3) is 33.0. The molecular weight excluding hydrogens is 1780 g/mol. The largest absolute Gasteiger partial charge is 3.00 e. The Hall–Kier alpha value is -9.86. The molecule has 3 aliphatic rings. The second kappa shape index (κ2) is 51.7. The summed E-state index contributed by atoms with van der Waals surface area (Å²) in [7, 11) is 6.05. The smallest absolute Gasteiger partial charge is 0.510 e. The van der Waals surface area contributed by atoms with E-state index in [4.69, 9.17) is 32.0 Å². The number of alkyl halides is 1. The predicted octanol–water partition coefficient (Wildman–Crippen LogP) is 21.8. The molecule has 9 aromatic carbocycles. The van der Waals surface area contributed by atoms with Crippen molar-refractivity contribution in [3.05, 3.63) is 367 Å². The van der Waals surface area contributed by atoms with Crippen molar-refractivity contribution in [1.29, 1.82) is 0 Å². The molecule has 0 radical (unpaired) electrons. The first kappa shape index (κ1) is 93.7. The number of fused-ring (bicyclic) bond motifs is 3. The van der Waals surface area contributed by atoms with Gasteiger partial charge in [-0.1, -0.05) is 153 Å². The molecule has 5 atom stereocenters. The fourth-order valence-electron chi connectivity index (χ4n) is 11.8. The SMILES string of the molecule is C=CCC/C=C\CCC.CC(O)CC(C)O.CC(O)CC(C)O.CN1C=CN(c2[c-]cccc2)[CH-]1.CN1C=CN(c2[c-]cccc2)[CH-]1.CN1C=CN(c2ccccc2)C1C(C)(C)Cl.[Ir+3].[Ir+3].[c-]1ccccc1-c1nccc2ccccc12.[c-]1ccccc1-c1nccc2ccccc12.c1ccc(-c2nccc3ccccc23)cc1. The standard InChI is InChI=1S/C15H11N.2C15H10N.C13H17ClN2.2C10H10N2.C9H16.2C5H12O2.2Ir/c3*1-2-7-13(8-3-1)15-14-9-5-4-6-12(14)10-11-16-15;1-13(2,14)12-15(3)9-10-16(12)11-7-5-4-6-8-11;2*1-11-7-8-12(9-11)10-5-3-2-4-6-10;1-3-5-7-9-8-6-4-2;2*1-4(6)3-5(2)7;;/h1-11H;2*1-7,9-11H;4-10,12H,1-3H3;2*2-5,7-9H,1H3;3,8-9H,1,4-7H2,2H3;2*4-7H,3H2,1-2H3;;/q;2*-1;;2*-2;;;;2*+3/b;;;;;;9-8-;;;;. The summed E-state index contributed by atoms with van der Waals surface area (Å²) in [4.78, 5) is 25.5. The monoisotopic (exact) mass is 1880 g/mol. The molecule has 0 saturated carbocycles. The number of benzene rings is 9. The van der Waals surface area contributed by atoms with Crippen LogP contribution in [0.5, 0.6) is 0 Å². The summed E-state index contributed by atoms with van der Waals surface area (Å²) in [6.45, 7) is 20.6. The van der Waals surface area contributed by atoms with Crippen molar-refractivity contribution < 1.29 is 60.6 Å². The molecule has 16 heteroatoms. The van der Waals surface area contributed by atoms with E-state index >= 15 is 0 Å². The molecule has 0 saturated heterocycles. The van der Waals surface area contributed by atoms with Crippen molar-refractivity contribution in [3.8, 4) is 33.8 Å². The number of para-hydroxylation sites is 3. The van der Waals surface area contributed by atoms with Gasteiger partial charge in [-0.25, -0.2) is 0 Å². The van der Waals surface area contributed by atoms with Gasteiger partial charge >= 0.3 is 40.2 Å². The number of aliphatic hydroxyl groups is 4. The van der Waals surface area contributed by atoms with Crippen LogP contribution in [0.25, 0.3) is 66.1 Å². The van der Waals surface area contributed by atoms with Crippen LogP contribution in [0.15, 0.2) is 329 Å². The summed E-state index contributed by atoms with van der Waals surface area (Å²) >= 11 is 6.46. The van der Waals surface area contributed by atoms with Gasteiger partial charge in [0.1, 0.15) is 6.17 Å². The fraction of sp³-hybridized carbons (Fsp3) is 0.227. The summed E-state index contributed by atoms with van der Waals surface area (Å²) < 4.78 is 0. The fourth-order valence-corrected chi connectivity index (χ4v) is 12.0. The number of aromatic nitrogens is 3. The van der Waals surface area contributed by atoms with Crippen molar-refractivity contribution in [2.75, 3.05) is 35.8 Å².